The molecular formula is C19H23NO3. The molecule has 0 aromatic heterocycles. The number of aryl methyl sites for hydroxylation is 1. The van der Waals surface area contributed by atoms with E-state index in [1.165, 1.54) is 0 Å². The van der Waals surface area contributed by atoms with E-state index in [4.69, 9.17) is 9.47 Å². The molecule has 2 aromatic rings. The van der Waals surface area contributed by atoms with Gasteiger partial charge < -0.3 is 14.8 Å². The van der Waals surface area contributed by atoms with E-state index in [1.807, 2.05) is 62.4 Å². The molecule has 0 saturated carbocycles. The first-order chi connectivity index (χ1) is 11.2. The van der Waals surface area contributed by atoms with E-state index in [9.17, 15) is 4.79 Å². The van der Waals surface area contributed by atoms with E-state index in [-0.39, 0.29) is 5.97 Å². The van der Waals surface area contributed by atoms with Crippen molar-refractivity contribution in [1.29, 1.82) is 0 Å². The maximum atomic E-state index is 11.2. The summed E-state index contributed by atoms with van der Waals surface area (Å²) in [5.74, 6) is 1.52. The summed E-state index contributed by atoms with van der Waals surface area (Å²) in [6.07, 6.45) is 0.391. The molecule has 2 rings (SSSR count). The Morgan fingerprint density at radius 1 is 1.09 bits per heavy atom. The van der Waals surface area contributed by atoms with Crippen LogP contribution < -0.4 is 10.1 Å². The summed E-state index contributed by atoms with van der Waals surface area (Å²) in [4.78, 5) is 11.2. The standard InChI is InChI=1S/C19H23NO3/c1-3-22-19(21)12-13-20-14-16-8-10-17(11-9-16)23-18-7-5-4-6-15(18)2/h4-11,20H,3,12-14H2,1-2H3. The zero-order chi connectivity index (χ0) is 16.5. The monoisotopic (exact) mass is 313 g/mol. The fraction of sp³-hybridized carbons (Fsp3) is 0.316. The van der Waals surface area contributed by atoms with Gasteiger partial charge in [0.25, 0.3) is 0 Å². The van der Waals surface area contributed by atoms with Crippen LogP contribution >= 0.6 is 0 Å². The van der Waals surface area contributed by atoms with Crippen LogP contribution in [0.25, 0.3) is 0 Å². The van der Waals surface area contributed by atoms with E-state index in [0.717, 1.165) is 22.6 Å². The fourth-order valence-electron chi connectivity index (χ4n) is 2.13. The molecule has 0 aliphatic carbocycles. The molecule has 0 bridgehead atoms. The summed E-state index contributed by atoms with van der Waals surface area (Å²) in [5, 5.41) is 3.23. The van der Waals surface area contributed by atoms with Crippen LogP contribution in [0.3, 0.4) is 0 Å². The van der Waals surface area contributed by atoms with Crippen LogP contribution in [0.2, 0.25) is 0 Å². The van der Waals surface area contributed by atoms with E-state index in [0.29, 0.717) is 26.1 Å². The topological polar surface area (TPSA) is 47.6 Å². The molecule has 0 aliphatic heterocycles. The van der Waals surface area contributed by atoms with Gasteiger partial charge in [0, 0.05) is 13.1 Å². The molecule has 0 fully saturated rings. The van der Waals surface area contributed by atoms with Gasteiger partial charge in [0.2, 0.25) is 0 Å². The van der Waals surface area contributed by atoms with Gasteiger partial charge in [-0.25, -0.2) is 0 Å². The third-order valence-electron chi connectivity index (χ3n) is 3.39. The molecule has 0 unspecified atom stereocenters. The number of nitrogens with one attached hydrogen (secondary N) is 1. The Labute approximate surface area is 137 Å². The molecule has 122 valence electrons. The van der Waals surface area contributed by atoms with Crippen molar-refractivity contribution in [2.75, 3.05) is 13.2 Å². The lowest BCUT2D eigenvalue weighted by Crippen LogP contribution is -2.18. The summed E-state index contributed by atoms with van der Waals surface area (Å²) in [7, 11) is 0. The summed E-state index contributed by atoms with van der Waals surface area (Å²) in [6.45, 7) is 5.59. The summed E-state index contributed by atoms with van der Waals surface area (Å²) >= 11 is 0. The van der Waals surface area contributed by atoms with Gasteiger partial charge >= 0.3 is 5.97 Å². The number of para-hydroxylation sites is 1. The van der Waals surface area contributed by atoms with E-state index in [1.54, 1.807) is 0 Å². The van der Waals surface area contributed by atoms with Crippen molar-refractivity contribution in [1.82, 2.24) is 5.32 Å². The highest BCUT2D eigenvalue weighted by Crippen LogP contribution is 2.24. The quantitative estimate of drug-likeness (QED) is 0.594. The Hall–Kier alpha value is -2.33. The Bertz CT molecular complexity index is 623. The van der Waals surface area contributed by atoms with E-state index >= 15 is 0 Å². The number of ether oxygens (including phenoxy) is 2. The molecule has 1 N–H and O–H groups in total. The second-order valence-corrected chi connectivity index (χ2v) is 5.24. The second-order valence-electron chi connectivity index (χ2n) is 5.24. The number of esters is 1. The first-order valence-corrected chi connectivity index (χ1v) is 7.88. The fourth-order valence-corrected chi connectivity index (χ4v) is 2.13. The van der Waals surface area contributed by atoms with Crippen molar-refractivity contribution >= 4 is 5.97 Å². The van der Waals surface area contributed by atoms with Gasteiger partial charge in [-0.3, -0.25) is 4.79 Å². The lowest BCUT2D eigenvalue weighted by Gasteiger charge is -2.09. The molecule has 4 nitrogen and oxygen atoms in total. The molecular weight excluding hydrogens is 290 g/mol. The lowest BCUT2D eigenvalue weighted by molar-refractivity contribution is -0.142. The molecule has 0 radical (unpaired) electrons. The Kier molecular flexibility index (Phi) is 6.63. The molecule has 0 aliphatic rings. The number of hydrogen-bond acceptors (Lipinski definition) is 4. The molecule has 4 heteroatoms. The van der Waals surface area contributed by atoms with Crippen molar-refractivity contribution in [2.24, 2.45) is 0 Å². The number of hydrogen-bond donors (Lipinski definition) is 1. The van der Waals surface area contributed by atoms with Gasteiger partial charge in [0.15, 0.2) is 0 Å². The number of carbonyl (C=O) groups excluding carboxylic acids is 1. The molecule has 23 heavy (non-hydrogen) atoms. The number of benzene rings is 2. The SMILES string of the molecule is CCOC(=O)CCNCc1ccc(Oc2ccccc2C)cc1. The zero-order valence-electron chi connectivity index (χ0n) is 13.7. The minimum absolute atomic E-state index is 0.165. The lowest BCUT2D eigenvalue weighted by atomic mass is 10.2. The summed E-state index contributed by atoms with van der Waals surface area (Å²) in [5.41, 5.74) is 2.25. The first kappa shape index (κ1) is 17.0. The van der Waals surface area contributed by atoms with Gasteiger partial charge in [-0.15, -0.1) is 0 Å². The number of carbonyl (C=O) groups is 1. The third-order valence-corrected chi connectivity index (χ3v) is 3.39. The normalized spacial score (nSPS) is 10.3. The zero-order valence-corrected chi connectivity index (χ0v) is 13.7. The van der Waals surface area contributed by atoms with E-state index in [2.05, 4.69) is 5.32 Å². The van der Waals surface area contributed by atoms with Crippen molar-refractivity contribution in [3.63, 3.8) is 0 Å². The van der Waals surface area contributed by atoms with Crippen molar-refractivity contribution in [3.8, 4) is 11.5 Å². The van der Waals surface area contributed by atoms with Gasteiger partial charge in [0.1, 0.15) is 11.5 Å². The second kappa shape index (κ2) is 8.96. The van der Waals surface area contributed by atoms with Crippen LogP contribution in [0.4, 0.5) is 0 Å². The van der Waals surface area contributed by atoms with Gasteiger partial charge in [-0.05, 0) is 43.2 Å². The first-order valence-electron chi connectivity index (χ1n) is 7.88. The molecule has 0 amide bonds. The van der Waals surface area contributed by atoms with Crippen LogP contribution in [-0.4, -0.2) is 19.1 Å². The molecule has 2 aromatic carbocycles. The van der Waals surface area contributed by atoms with Crippen molar-refractivity contribution in [3.05, 3.63) is 59.7 Å². The Morgan fingerprint density at radius 3 is 2.52 bits per heavy atom. The van der Waals surface area contributed by atoms with E-state index < -0.39 is 0 Å². The molecule has 0 saturated heterocycles. The largest absolute Gasteiger partial charge is 0.466 e. The minimum Gasteiger partial charge on any atom is -0.466 e. The average Bonchev–Trinajstić information content (AvgIpc) is 2.55. The summed E-state index contributed by atoms with van der Waals surface area (Å²) < 4.78 is 10.7. The van der Waals surface area contributed by atoms with Crippen LogP contribution in [-0.2, 0) is 16.1 Å². The van der Waals surface area contributed by atoms with Crippen molar-refractivity contribution in [2.45, 2.75) is 26.8 Å². The Balaban J connectivity index is 1.78. The van der Waals surface area contributed by atoms with Crippen molar-refractivity contribution < 1.29 is 14.3 Å². The predicted octanol–water partition coefficient (Wildman–Crippen LogP) is 3.83. The highest BCUT2D eigenvalue weighted by Gasteiger charge is 2.02. The maximum absolute atomic E-state index is 11.2. The average molecular weight is 313 g/mol. The highest BCUT2D eigenvalue weighted by molar-refractivity contribution is 5.69. The minimum atomic E-state index is -0.165. The predicted molar refractivity (Wildman–Crippen MR) is 90.7 cm³/mol. The Morgan fingerprint density at radius 2 is 1.83 bits per heavy atom. The summed E-state index contributed by atoms with van der Waals surface area (Å²) in [6, 6.07) is 15.9. The van der Waals surface area contributed by atoms with Gasteiger partial charge in [-0.1, -0.05) is 30.3 Å². The van der Waals surface area contributed by atoms with Gasteiger partial charge in [-0.2, -0.15) is 0 Å². The molecule has 0 atom stereocenters. The smallest absolute Gasteiger partial charge is 0.307 e. The van der Waals surface area contributed by atoms with Crippen LogP contribution in [0.1, 0.15) is 24.5 Å². The molecule has 0 spiro atoms. The van der Waals surface area contributed by atoms with Gasteiger partial charge in [0.05, 0.1) is 13.0 Å². The van der Waals surface area contributed by atoms with Crippen LogP contribution in [0, 0.1) is 6.92 Å². The maximum Gasteiger partial charge on any atom is 0.307 e. The molecule has 0 heterocycles. The van der Waals surface area contributed by atoms with Crippen LogP contribution in [0.15, 0.2) is 48.5 Å². The highest BCUT2D eigenvalue weighted by atomic mass is 16.5. The van der Waals surface area contributed by atoms with Crippen LogP contribution in [0.5, 0.6) is 11.5 Å². The third kappa shape index (κ3) is 5.75. The number of rotatable bonds is 8.